The van der Waals surface area contributed by atoms with Crippen LogP contribution in [0.15, 0.2) is 42.5 Å². The molecule has 27 heavy (non-hydrogen) atoms. The molecule has 140 valence electrons. The fourth-order valence-corrected chi connectivity index (χ4v) is 2.92. The van der Waals surface area contributed by atoms with Crippen molar-refractivity contribution in [3.8, 4) is 0 Å². The second kappa shape index (κ2) is 7.51. The van der Waals surface area contributed by atoms with E-state index in [9.17, 15) is 22.0 Å². The fourth-order valence-electron chi connectivity index (χ4n) is 2.92. The highest BCUT2D eigenvalue weighted by Crippen LogP contribution is 2.24. The molecule has 0 unspecified atom stereocenters. The van der Waals surface area contributed by atoms with Gasteiger partial charge in [0.25, 0.3) is 0 Å². The second-order valence-corrected chi connectivity index (χ2v) is 6.64. The zero-order valence-electron chi connectivity index (χ0n) is 14.8. The predicted molar refractivity (Wildman–Crippen MR) is 94.2 cm³/mol. The summed E-state index contributed by atoms with van der Waals surface area (Å²) in [6, 6.07) is 9.40. The van der Waals surface area contributed by atoms with Crippen LogP contribution in [0.25, 0.3) is 0 Å². The van der Waals surface area contributed by atoms with E-state index in [2.05, 4.69) is 0 Å². The number of benzene rings is 3. The summed E-state index contributed by atoms with van der Waals surface area (Å²) in [5, 5.41) is 0. The molecule has 0 heterocycles. The lowest BCUT2D eigenvalue weighted by molar-refractivity contribution is 0.495. The monoisotopic (exact) mass is 376 g/mol. The zero-order chi connectivity index (χ0) is 19.7. The minimum atomic E-state index is -1.02. The van der Waals surface area contributed by atoms with Crippen LogP contribution < -0.4 is 0 Å². The summed E-state index contributed by atoms with van der Waals surface area (Å²) >= 11 is 0. The minimum Gasteiger partial charge on any atom is -0.207 e. The van der Waals surface area contributed by atoms with E-state index in [0.717, 1.165) is 12.1 Å². The van der Waals surface area contributed by atoms with Crippen molar-refractivity contribution in [1.82, 2.24) is 0 Å². The van der Waals surface area contributed by atoms with Gasteiger partial charge in [0.05, 0.1) is 0 Å². The zero-order valence-corrected chi connectivity index (χ0v) is 14.8. The molecule has 3 rings (SSSR count). The van der Waals surface area contributed by atoms with Crippen molar-refractivity contribution in [2.24, 2.45) is 0 Å². The van der Waals surface area contributed by atoms with Crippen LogP contribution in [-0.2, 0) is 12.8 Å². The Hall–Kier alpha value is -2.69. The van der Waals surface area contributed by atoms with E-state index in [1.165, 1.54) is 25.1 Å². The smallest absolute Gasteiger partial charge is 0.162 e. The Morgan fingerprint density at radius 1 is 0.593 bits per heavy atom. The third-order valence-corrected chi connectivity index (χ3v) is 4.57. The molecule has 0 bridgehead atoms. The normalized spacial score (nSPS) is 11.1. The van der Waals surface area contributed by atoms with Gasteiger partial charge in [0.2, 0.25) is 0 Å². The maximum atomic E-state index is 14.4. The summed E-state index contributed by atoms with van der Waals surface area (Å²) < 4.78 is 70.1. The first-order chi connectivity index (χ1) is 12.8. The second-order valence-electron chi connectivity index (χ2n) is 6.64. The minimum absolute atomic E-state index is 0.0188. The lowest BCUT2D eigenvalue weighted by Crippen LogP contribution is -2.03. The van der Waals surface area contributed by atoms with Gasteiger partial charge < -0.3 is 0 Å². The highest BCUT2D eigenvalue weighted by Gasteiger charge is 2.16. The molecule has 0 N–H and O–H groups in total. The van der Waals surface area contributed by atoms with Crippen LogP contribution in [0.1, 0.15) is 33.4 Å². The summed E-state index contributed by atoms with van der Waals surface area (Å²) in [7, 11) is 0. The van der Waals surface area contributed by atoms with Crippen LogP contribution in [0, 0.1) is 42.9 Å². The van der Waals surface area contributed by atoms with Gasteiger partial charge in [0.15, 0.2) is 11.6 Å². The van der Waals surface area contributed by atoms with Crippen molar-refractivity contribution in [1.29, 1.82) is 0 Å². The molecule has 0 fully saturated rings. The molecule has 3 aromatic carbocycles. The van der Waals surface area contributed by atoms with Crippen molar-refractivity contribution < 1.29 is 22.0 Å². The van der Waals surface area contributed by atoms with Gasteiger partial charge in [-0.25, -0.2) is 22.0 Å². The summed E-state index contributed by atoms with van der Waals surface area (Å²) in [5.74, 6) is -4.04. The van der Waals surface area contributed by atoms with Gasteiger partial charge in [0.1, 0.15) is 17.5 Å². The molecule has 0 aliphatic heterocycles. The van der Waals surface area contributed by atoms with Gasteiger partial charge in [-0.15, -0.1) is 0 Å². The van der Waals surface area contributed by atoms with E-state index in [-0.39, 0.29) is 35.1 Å². The Morgan fingerprint density at radius 2 is 1.19 bits per heavy atom. The Labute approximate surface area is 154 Å². The molecule has 0 aliphatic carbocycles. The molecular formula is C22H17F5. The molecule has 0 amide bonds. The van der Waals surface area contributed by atoms with Gasteiger partial charge in [-0.05, 0) is 59.9 Å². The molecule has 0 aromatic heterocycles. The molecule has 0 atom stereocenters. The van der Waals surface area contributed by atoms with Gasteiger partial charge >= 0.3 is 0 Å². The van der Waals surface area contributed by atoms with Gasteiger partial charge in [-0.1, -0.05) is 24.3 Å². The van der Waals surface area contributed by atoms with Crippen LogP contribution in [-0.4, -0.2) is 0 Å². The SMILES string of the molecule is Cc1ccc(Cc2c(F)cc(Cc3ccc(C)c(F)c3F)cc2F)cc1F. The van der Waals surface area contributed by atoms with Crippen molar-refractivity contribution in [2.45, 2.75) is 26.7 Å². The molecule has 0 aliphatic rings. The average molecular weight is 376 g/mol. The van der Waals surface area contributed by atoms with Gasteiger partial charge in [0, 0.05) is 18.4 Å². The van der Waals surface area contributed by atoms with Gasteiger partial charge in [-0.3, -0.25) is 0 Å². The molecule has 3 aromatic rings. The Bertz CT molecular complexity index is 985. The van der Waals surface area contributed by atoms with E-state index in [1.54, 1.807) is 19.1 Å². The predicted octanol–water partition coefficient (Wildman–Crippen LogP) is 6.18. The molecular weight excluding hydrogens is 359 g/mol. The highest BCUT2D eigenvalue weighted by atomic mass is 19.2. The van der Waals surface area contributed by atoms with E-state index < -0.39 is 29.1 Å². The van der Waals surface area contributed by atoms with E-state index in [4.69, 9.17) is 0 Å². The quantitative estimate of drug-likeness (QED) is 0.477. The maximum absolute atomic E-state index is 14.4. The first-order valence-corrected chi connectivity index (χ1v) is 8.41. The van der Waals surface area contributed by atoms with E-state index in [0.29, 0.717) is 11.1 Å². The topological polar surface area (TPSA) is 0 Å². The number of hydrogen-bond donors (Lipinski definition) is 0. The van der Waals surface area contributed by atoms with Crippen molar-refractivity contribution in [3.63, 3.8) is 0 Å². The van der Waals surface area contributed by atoms with Crippen LogP contribution >= 0.6 is 0 Å². The van der Waals surface area contributed by atoms with Crippen LogP contribution in [0.2, 0.25) is 0 Å². The Kier molecular flexibility index (Phi) is 5.31. The summed E-state index contributed by atoms with van der Waals surface area (Å²) in [6.45, 7) is 3.03. The first kappa shape index (κ1) is 19.1. The summed E-state index contributed by atoms with van der Waals surface area (Å²) in [4.78, 5) is 0. The number of rotatable bonds is 4. The Balaban J connectivity index is 1.89. The number of halogens is 5. The van der Waals surface area contributed by atoms with Crippen LogP contribution in [0.4, 0.5) is 22.0 Å². The van der Waals surface area contributed by atoms with Crippen LogP contribution in [0.3, 0.4) is 0 Å². The molecule has 5 heteroatoms. The van der Waals surface area contributed by atoms with Crippen molar-refractivity contribution in [3.05, 3.63) is 105 Å². The molecule has 0 saturated carbocycles. The third-order valence-electron chi connectivity index (χ3n) is 4.57. The number of hydrogen-bond acceptors (Lipinski definition) is 0. The fraction of sp³-hybridized carbons (Fsp3) is 0.182. The molecule has 0 spiro atoms. The third kappa shape index (κ3) is 4.02. The maximum Gasteiger partial charge on any atom is 0.162 e. The van der Waals surface area contributed by atoms with Crippen LogP contribution in [0.5, 0.6) is 0 Å². The molecule has 0 saturated heterocycles. The first-order valence-electron chi connectivity index (χ1n) is 8.41. The van der Waals surface area contributed by atoms with Gasteiger partial charge in [-0.2, -0.15) is 0 Å². The summed E-state index contributed by atoms with van der Waals surface area (Å²) in [5.41, 5.74) is 1.06. The molecule has 0 nitrogen and oxygen atoms in total. The number of aryl methyl sites for hydroxylation is 2. The van der Waals surface area contributed by atoms with E-state index >= 15 is 0 Å². The lowest BCUT2D eigenvalue weighted by Gasteiger charge is -2.10. The summed E-state index contributed by atoms with van der Waals surface area (Å²) in [6.07, 6.45) is -0.251. The molecule has 0 radical (unpaired) electrons. The average Bonchev–Trinajstić information content (AvgIpc) is 2.62. The van der Waals surface area contributed by atoms with Crippen molar-refractivity contribution in [2.75, 3.05) is 0 Å². The lowest BCUT2D eigenvalue weighted by atomic mass is 9.98. The Morgan fingerprint density at radius 3 is 1.81 bits per heavy atom. The standard InChI is InChI=1S/C22H17F5/c1-12-3-5-14(9-18(12)23)8-17-19(24)10-15(11-20(17)25)7-16-6-4-13(2)21(26)22(16)27/h3-6,9-11H,7-8H2,1-2H3. The largest absolute Gasteiger partial charge is 0.207 e. The van der Waals surface area contributed by atoms with E-state index in [1.807, 2.05) is 0 Å². The highest BCUT2D eigenvalue weighted by molar-refractivity contribution is 5.36. The van der Waals surface area contributed by atoms with Crippen molar-refractivity contribution >= 4 is 0 Å².